The Bertz CT molecular complexity index is 459. The molecule has 0 aromatic heterocycles. The lowest BCUT2D eigenvalue weighted by atomic mass is 9.99. The summed E-state index contributed by atoms with van der Waals surface area (Å²) in [6.07, 6.45) is 3.01. The zero-order valence-electron chi connectivity index (χ0n) is 11.6. The van der Waals surface area contributed by atoms with Crippen molar-refractivity contribution in [3.8, 4) is 0 Å². The van der Waals surface area contributed by atoms with Crippen molar-refractivity contribution in [2.75, 3.05) is 25.5 Å². The Balaban J connectivity index is 2.23. The average Bonchev–Trinajstić information content (AvgIpc) is 2.46. The summed E-state index contributed by atoms with van der Waals surface area (Å²) in [4.78, 5) is 14.4. The second-order valence-electron chi connectivity index (χ2n) is 5.11. The molecule has 4 heteroatoms. The largest absolute Gasteiger partial charge is 0.394 e. The number of hydrogen-bond donors (Lipinski definition) is 2. The van der Waals surface area contributed by atoms with Crippen molar-refractivity contribution in [2.45, 2.75) is 32.2 Å². The van der Waals surface area contributed by atoms with E-state index >= 15 is 0 Å². The van der Waals surface area contributed by atoms with E-state index in [2.05, 4.69) is 5.32 Å². The van der Waals surface area contributed by atoms with Crippen LogP contribution in [0.2, 0.25) is 0 Å². The maximum Gasteiger partial charge on any atom is 0.254 e. The van der Waals surface area contributed by atoms with Crippen LogP contribution in [0.15, 0.2) is 18.2 Å². The molecular weight excluding hydrogens is 240 g/mol. The van der Waals surface area contributed by atoms with Crippen LogP contribution in [0.25, 0.3) is 0 Å². The van der Waals surface area contributed by atoms with E-state index in [1.807, 2.05) is 37.1 Å². The summed E-state index contributed by atoms with van der Waals surface area (Å²) in [7, 11) is 1.86. The SMILES string of the molecule is CNc1ccc(C(=O)N2CCCCC2CO)c(C)c1. The van der Waals surface area contributed by atoms with Crippen molar-refractivity contribution in [2.24, 2.45) is 0 Å². The zero-order valence-corrected chi connectivity index (χ0v) is 11.6. The monoisotopic (exact) mass is 262 g/mol. The Morgan fingerprint density at radius 2 is 2.26 bits per heavy atom. The molecule has 1 aromatic carbocycles. The van der Waals surface area contributed by atoms with E-state index in [0.29, 0.717) is 0 Å². The first kappa shape index (κ1) is 13.9. The van der Waals surface area contributed by atoms with Crippen LogP contribution in [0.4, 0.5) is 5.69 Å². The molecule has 1 unspecified atom stereocenters. The summed E-state index contributed by atoms with van der Waals surface area (Å²) in [5, 5.41) is 12.5. The molecule has 1 saturated heterocycles. The van der Waals surface area contributed by atoms with E-state index in [4.69, 9.17) is 0 Å². The number of likely N-dealkylation sites (tertiary alicyclic amines) is 1. The first-order valence-electron chi connectivity index (χ1n) is 6.87. The molecule has 1 aromatic rings. The van der Waals surface area contributed by atoms with Crippen LogP contribution >= 0.6 is 0 Å². The van der Waals surface area contributed by atoms with Gasteiger partial charge in [-0.2, -0.15) is 0 Å². The van der Waals surface area contributed by atoms with Crippen LogP contribution in [0, 0.1) is 6.92 Å². The Labute approximate surface area is 114 Å². The Kier molecular flexibility index (Phi) is 4.43. The van der Waals surface area contributed by atoms with Crippen molar-refractivity contribution in [3.63, 3.8) is 0 Å². The van der Waals surface area contributed by atoms with Gasteiger partial charge in [-0.3, -0.25) is 4.79 Å². The number of nitrogens with zero attached hydrogens (tertiary/aromatic N) is 1. The fraction of sp³-hybridized carbons (Fsp3) is 0.533. The van der Waals surface area contributed by atoms with Gasteiger partial charge in [-0.25, -0.2) is 0 Å². The second kappa shape index (κ2) is 6.06. The minimum atomic E-state index is -0.0235. The van der Waals surface area contributed by atoms with E-state index < -0.39 is 0 Å². The number of hydrogen-bond acceptors (Lipinski definition) is 3. The molecular formula is C15H22N2O2. The van der Waals surface area contributed by atoms with Crippen LogP contribution in [-0.4, -0.2) is 42.2 Å². The molecule has 0 saturated carbocycles. The van der Waals surface area contributed by atoms with Gasteiger partial charge in [0, 0.05) is 24.8 Å². The maximum atomic E-state index is 12.6. The molecule has 0 spiro atoms. The van der Waals surface area contributed by atoms with Gasteiger partial charge in [0.05, 0.1) is 12.6 Å². The lowest BCUT2D eigenvalue weighted by Gasteiger charge is -2.35. The quantitative estimate of drug-likeness (QED) is 0.876. The summed E-state index contributed by atoms with van der Waals surface area (Å²) in [5.74, 6) is 0.0407. The average molecular weight is 262 g/mol. The molecule has 1 atom stereocenters. The number of piperidine rings is 1. The maximum absolute atomic E-state index is 12.6. The van der Waals surface area contributed by atoms with E-state index in [1.54, 1.807) is 0 Å². The highest BCUT2D eigenvalue weighted by Gasteiger charge is 2.27. The van der Waals surface area contributed by atoms with Crippen LogP contribution in [-0.2, 0) is 0 Å². The Morgan fingerprint density at radius 3 is 2.89 bits per heavy atom. The summed E-state index contributed by atoms with van der Waals surface area (Å²) in [5.41, 5.74) is 2.71. The number of benzene rings is 1. The molecule has 2 rings (SSSR count). The van der Waals surface area contributed by atoms with Crippen molar-refractivity contribution < 1.29 is 9.90 Å². The first-order valence-corrected chi connectivity index (χ1v) is 6.87. The smallest absolute Gasteiger partial charge is 0.254 e. The summed E-state index contributed by atoms with van der Waals surface area (Å²) >= 11 is 0. The number of aliphatic hydroxyl groups excluding tert-OH is 1. The minimum absolute atomic E-state index is 0.0235. The van der Waals surface area contributed by atoms with Crippen molar-refractivity contribution in [1.29, 1.82) is 0 Å². The number of amides is 1. The lowest BCUT2D eigenvalue weighted by Crippen LogP contribution is -2.45. The van der Waals surface area contributed by atoms with Crippen LogP contribution in [0.5, 0.6) is 0 Å². The minimum Gasteiger partial charge on any atom is -0.394 e. The topological polar surface area (TPSA) is 52.6 Å². The highest BCUT2D eigenvalue weighted by Crippen LogP contribution is 2.22. The van der Waals surface area contributed by atoms with Gasteiger partial charge in [0.15, 0.2) is 0 Å². The van der Waals surface area contributed by atoms with Gasteiger partial charge >= 0.3 is 0 Å². The molecule has 0 radical (unpaired) electrons. The number of aryl methyl sites for hydroxylation is 1. The second-order valence-corrected chi connectivity index (χ2v) is 5.11. The van der Waals surface area contributed by atoms with E-state index in [-0.39, 0.29) is 18.6 Å². The Hall–Kier alpha value is -1.55. The van der Waals surface area contributed by atoms with Crippen LogP contribution < -0.4 is 5.32 Å². The predicted molar refractivity (Wildman–Crippen MR) is 76.5 cm³/mol. The highest BCUT2D eigenvalue weighted by atomic mass is 16.3. The molecule has 1 heterocycles. The standard InChI is InChI=1S/C15H22N2O2/c1-11-9-12(16-2)6-7-14(11)15(19)17-8-4-3-5-13(17)10-18/h6-7,9,13,16,18H,3-5,8,10H2,1-2H3. The number of carbonyl (C=O) groups is 1. The molecule has 4 nitrogen and oxygen atoms in total. The molecule has 19 heavy (non-hydrogen) atoms. The molecule has 1 fully saturated rings. The number of carbonyl (C=O) groups excluding carboxylic acids is 1. The normalized spacial score (nSPS) is 19.3. The summed E-state index contributed by atoms with van der Waals surface area (Å²) in [6.45, 7) is 2.75. The number of nitrogens with one attached hydrogen (secondary N) is 1. The molecule has 1 aliphatic heterocycles. The van der Waals surface area contributed by atoms with Gasteiger partial charge in [-0.15, -0.1) is 0 Å². The number of anilines is 1. The van der Waals surface area contributed by atoms with Gasteiger partial charge in [-0.1, -0.05) is 0 Å². The molecule has 1 amide bonds. The summed E-state index contributed by atoms with van der Waals surface area (Å²) in [6, 6.07) is 5.74. The van der Waals surface area contributed by atoms with Crippen molar-refractivity contribution in [1.82, 2.24) is 4.90 Å². The van der Waals surface area contributed by atoms with Gasteiger partial charge in [-0.05, 0) is 49.9 Å². The third-order valence-corrected chi connectivity index (χ3v) is 3.84. The number of rotatable bonds is 3. The van der Waals surface area contributed by atoms with Crippen LogP contribution in [0.3, 0.4) is 0 Å². The summed E-state index contributed by atoms with van der Waals surface area (Å²) < 4.78 is 0. The fourth-order valence-electron chi connectivity index (χ4n) is 2.67. The zero-order chi connectivity index (χ0) is 13.8. The molecule has 104 valence electrons. The molecule has 0 aliphatic carbocycles. The first-order chi connectivity index (χ1) is 9.17. The number of aliphatic hydroxyl groups is 1. The molecule has 1 aliphatic rings. The third-order valence-electron chi connectivity index (χ3n) is 3.84. The van der Waals surface area contributed by atoms with E-state index in [0.717, 1.165) is 42.6 Å². The van der Waals surface area contributed by atoms with Crippen LogP contribution in [0.1, 0.15) is 35.2 Å². The van der Waals surface area contributed by atoms with Gasteiger partial charge < -0.3 is 15.3 Å². The molecule has 2 N–H and O–H groups in total. The van der Waals surface area contributed by atoms with Gasteiger partial charge in [0.2, 0.25) is 0 Å². The highest BCUT2D eigenvalue weighted by molar-refractivity contribution is 5.96. The van der Waals surface area contributed by atoms with E-state index in [9.17, 15) is 9.90 Å². The third kappa shape index (κ3) is 2.89. The fourth-order valence-corrected chi connectivity index (χ4v) is 2.67. The Morgan fingerprint density at radius 1 is 1.47 bits per heavy atom. The van der Waals surface area contributed by atoms with E-state index in [1.165, 1.54) is 0 Å². The lowest BCUT2D eigenvalue weighted by molar-refractivity contribution is 0.0502. The predicted octanol–water partition coefficient (Wildman–Crippen LogP) is 2.02. The molecule has 0 bridgehead atoms. The van der Waals surface area contributed by atoms with Gasteiger partial charge in [0.1, 0.15) is 0 Å². The van der Waals surface area contributed by atoms with Crippen molar-refractivity contribution >= 4 is 11.6 Å². The van der Waals surface area contributed by atoms with Gasteiger partial charge in [0.25, 0.3) is 5.91 Å². The van der Waals surface area contributed by atoms with Crippen molar-refractivity contribution in [3.05, 3.63) is 29.3 Å².